The molecule has 3 heterocycles. The smallest absolute Gasteiger partial charge is 0.219 e. The number of thiophene rings is 1. The lowest BCUT2D eigenvalue weighted by Crippen LogP contribution is -2.56. The number of benzene rings is 1. The van der Waals surface area contributed by atoms with Crippen LogP contribution in [0.15, 0.2) is 42.5 Å². The molecular formula is C21H26N2OS. The van der Waals surface area contributed by atoms with Gasteiger partial charge in [-0.05, 0) is 44.0 Å². The van der Waals surface area contributed by atoms with E-state index < -0.39 is 0 Å². The molecule has 1 aromatic carbocycles. The van der Waals surface area contributed by atoms with Crippen molar-refractivity contribution in [3.8, 4) is 0 Å². The van der Waals surface area contributed by atoms with E-state index in [1.807, 2.05) is 11.3 Å². The zero-order chi connectivity index (χ0) is 17.4. The molecule has 2 aliphatic rings. The van der Waals surface area contributed by atoms with Gasteiger partial charge in [0.1, 0.15) is 0 Å². The van der Waals surface area contributed by atoms with Gasteiger partial charge in [-0.3, -0.25) is 9.69 Å². The lowest BCUT2D eigenvalue weighted by molar-refractivity contribution is -0.131. The standard InChI is InChI=1S/C21H26N2OS/c1-16-8-9-19(25-16)14-22-12-10-21(18-6-4-3-5-7-18)11-13-23(17(2)24)20(21)15-22/h3-9,20H,10-15H2,1-2H3/t20-,21+/m1/s1. The molecule has 2 atom stereocenters. The number of nitrogens with zero attached hydrogens (tertiary/aromatic N) is 2. The van der Waals surface area contributed by atoms with Crippen LogP contribution in [0.4, 0.5) is 0 Å². The van der Waals surface area contributed by atoms with E-state index in [9.17, 15) is 4.79 Å². The van der Waals surface area contributed by atoms with Crippen molar-refractivity contribution in [2.45, 2.75) is 44.7 Å². The SMILES string of the molecule is CC(=O)N1CC[C@]2(c3ccccc3)CCN(Cc3ccc(C)s3)C[C@@H]12. The maximum Gasteiger partial charge on any atom is 0.219 e. The molecule has 3 nitrogen and oxygen atoms in total. The van der Waals surface area contributed by atoms with E-state index in [0.29, 0.717) is 6.04 Å². The Labute approximate surface area is 154 Å². The van der Waals surface area contributed by atoms with Crippen molar-refractivity contribution in [1.82, 2.24) is 9.80 Å². The maximum absolute atomic E-state index is 12.3. The Balaban J connectivity index is 1.60. The Hall–Kier alpha value is -1.65. The number of carbonyl (C=O) groups is 1. The zero-order valence-electron chi connectivity index (χ0n) is 15.1. The number of likely N-dealkylation sites (tertiary alicyclic amines) is 2. The summed E-state index contributed by atoms with van der Waals surface area (Å²) in [6, 6.07) is 15.6. The van der Waals surface area contributed by atoms with E-state index in [0.717, 1.165) is 39.0 Å². The summed E-state index contributed by atoms with van der Waals surface area (Å²) in [4.78, 5) is 19.7. The zero-order valence-corrected chi connectivity index (χ0v) is 15.9. The minimum atomic E-state index is 0.134. The van der Waals surface area contributed by atoms with E-state index >= 15 is 0 Å². The first-order valence-corrected chi connectivity index (χ1v) is 10.0. The van der Waals surface area contributed by atoms with E-state index in [1.54, 1.807) is 6.92 Å². The van der Waals surface area contributed by atoms with E-state index in [1.165, 1.54) is 15.3 Å². The summed E-state index contributed by atoms with van der Waals surface area (Å²) in [6.07, 6.45) is 2.23. The molecule has 2 aromatic rings. The highest BCUT2D eigenvalue weighted by molar-refractivity contribution is 7.11. The van der Waals surface area contributed by atoms with Gasteiger partial charge < -0.3 is 4.90 Å². The fourth-order valence-electron chi connectivity index (χ4n) is 4.76. The molecule has 0 aliphatic carbocycles. The van der Waals surface area contributed by atoms with Gasteiger partial charge in [0.25, 0.3) is 0 Å². The third-order valence-electron chi connectivity index (χ3n) is 6.05. The molecule has 0 saturated carbocycles. The number of rotatable bonds is 3. The van der Waals surface area contributed by atoms with Gasteiger partial charge in [0.15, 0.2) is 0 Å². The molecule has 2 fully saturated rings. The van der Waals surface area contributed by atoms with Gasteiger partial charge in [-0.15, -0.1) is 11.3 Å². The number of aryl methyl sites for hydroxylation is 1. The Morgan fingerprint density at radius 1 is 1.16 bits per heavy atom. The molecule has 0 radical (unpaired) electrons. The van der Waals surface area contributed by atoms with Crippen LogP contribution in [0.3, 0.4) is 0 Å². The molecule has 2 aliphatic heterocycles. The molecule has 132 valence electrons. The van der Waals surface area contributed by atoms with Gasteiger partial charge >= 0.3 is 0 Å². The van der Waals surface area contributed by atoms with Crippen LogP contribution in [-0.2, 0) is 16.8 Å². The van der Waals surface area contributed by atoms with Crippen molar-refractivity contribution in [2.75, 3.05) is 19.6 Å². The van der Waals surface area contributed by atoms with Crippen molar-refractivity contribution >= 4 is 17.2 Å². The van der Waals surface area contributed by atoms with Crippen molar-refractivity contribution < 1.29 is 4.79 Å². The molecule has 0 unspecified atom stereocenters. The van der Waals surface area contributed by atoms with Crippen LogP contribution in [0.2, 0.25) is 0 Å². The fraction of sp³-hybridized carbons (Fsp3) is 0.476. The number of carbonyl (C=O) groups excluding carboxylic acids is 1. The molecule has 1 aromatic heterocycles. The molecule has 0 N–H and O–H groups in total. The quantitative estimate of drug-likeness (QED) is 0.836. The highest BCUT2D eigenvalue weighted by atomic mass is 32.1. The average molecular weight is 355 g/mol. The summed E-state index contributed by atoms with van der Waals surface area (Å²) in [6.45, 7) is 7.87. The number of hydrogen-bond acceptors (Lipinski definition) is 3. The molecule has 4 heteroatoms. The van der Waals surface area contributed by atoms with Crippen molar-refractivity contribution in [3.63, 3.8) is 0 Å². The number of piperidine rings is 1. The number of fused-ring (bicyclic) bond motifs is 1. The molecule has 4 rings (SSSR count). The third-order valence-corrected chi connectivity index (χ3v) is 7.03. The van der Waals surface area contributed by atoms with E-state index in [2.05, 4.69) is 59.2 Å². The molecule has 0 spiro atoms. The molecule has 0 bridgehead atoms. The second-order valence-corrected chi connectivity index (χ2v) is 8.87. The van der Waals surface area contributed by atoms with Crippen LogP contribution in [0, 0.1) is 6.92 Å². The van der Waals surface area contributed by atoms with E-state index in [-0.39, 0.29) is 11.3 Å². The highest BCUT2D eigenvalue weighted by Crippen LogP contribution is 2.46. The van der Waals surface area contributed by atoms with Gasteiger partial charge in [-0.1, -0.05) is 30.3 Å². The Morgan fingerprint density at radius 2 is 1.92 bits per heavy atom. The van der Waals surface area contributed by atoms with Crippen LogP contribution in [0.1, 0.15) is 35.1 Å². The Morgan fingerprint density at radius 3 is 2.60 bits per heavy atom. The first kappa shape index (κ1) is 16.8. The minimum Gasteiger partial charge on any atom is -0.338 e. The number of amides is 1. The molecular weight excluding hydrogens is 328 g/mol. The Bertz CT molecular complexity index is 756. The van der Waals surface area contributed by atoms with Crippen molar-refractivity contribution in [3.05, 3.63) is 57.8 Å². The first-order valence-electron chi connectivity index (χ1n) is 9.19. The fourth-order valence-corrected chi connectivity index (χ4v) is 5.69. The lowest BCUT2D eigenvalue weighted by Gasteiger charge is -2.46. The minimum absolute atomic E-state index is 0.134. The maximum atomic E-state index is 12.3. The summed E-state index contributed by atoms with van der Waals surface area (Å²) < 4.78 is 0. The van der Waals surface area contributed by atoms with Gasteiger partial charge in [-0.25, -0.2) is 0 Å². The average Bonchev–Trinajstić information content (AvgIpc) is 3.20. The summed E-state index contributed by atoms with van der Waals surface area (Å²) in [7, 11) is 0. The van der Waals surface area contributed by atoms with Gasteiger partial charge in [0, 0.05) is 41.7 Å². The van der Waals surface area contributed by atoms with Crippen LogP contribution >= 0.6 is 11.3 Å². The van der Waals surface area contributed by atoms with Crippen LogP contribution < -0.4 is 0 Å². The number of hydrogen-bond donors (Lipinski definition) is 0. The summed E-state index contributed by atoms with van der Waals surface area (Å²) in [5.41, 5.74) is 1.55. The Kier molecular flexibility index (Phi) is 4.42. The van der Waals surface area contributed by atoms with E-state index in [4.69, 9.17) is 0 Å². The topological polar surface area (TPSA) is 23.6 Å². The molecule has 1 amide bonds. The van der Waals surface area contributed by atoms with Crippen molar-refractivity contribution in [1.29, 1.82) is 0 Å². The summed E-state index contributed by atoms with van der Waals surface area (Å²) >= 11 is 1.89. The second-order valence-electron chi connectivity index (χ2n) is 7.50. The normalized spacial score (nSPS) is 26.6. The molecule has 2 saturated heterocycles. The lowest BCUT2D eigenvalue weighted by atomic mass is 9.69. The van der Waals surface area contributed by atoms with Crippen LogP contribution in [0.5, 0.6) is 0 Å². The molecule has 25 heavy (non-hydrogen) atoms. The second kappa shape index (κ2) is 6.58. The predicted molar refractivity (Wildman–Crippen MR) is 103 cm³/mol. The predicted octanol–water partition coefficient (Wildman–Crippen LogP) is 3.82. The van der Waals surface area contributed by atoms with Gasteiger partial charge in [0.05, 0.1) is 6.04 Å². The monoisotopic (exact) mass is 354 g/mol. The van der Waals surface area contributed by atoms with Gasteiger partial charge in [0.2, 0.25) is 5.91 Å². The van der Waals surface area contributed by atoms with Gasteiger partial charge in [-0.2, -0.15) is 0 Å². The highest BCUT2D eigenvalue weighted by Gasteiger charge is 2.51. The largest absolute Gasteiger partial charge is 0.338 e. The third kappa shape index (κ3) is 3.02. The first-order chi connectivity index (χ1) is 12.1. The summed E-state index contributed by atoms with van der Waals surface area (Å²) in [5, 5.41) is 0. The van der Waals surface area contributed by atoms with Crippen LogP contribution in [-0.4, -0.2) is 41.4 Å². The van der Waals surface area contributed by atoms with Crippen LogP contribution in [0.25, 0.3) is 0 Å². The summed E-state index contributed by atoms with van der Waals surface area (Å²) in [5.74, 6) is 0.219. The van der Waals surface area contributed by atoms with Crippen molar-refractivity contribution in [2.24, 2.45) is 0 Å².